The number of pyridine rings is 1. The Kier molecular flexibility index (Phi) is 7.87. The van der Waals surface area contributed by atoms with Crippen LogP contribution in [-0.4, -0.2) is 43.8 Å². The molecule has 3 aromatic heterocycles. The van der Waals surface area contributed by atoms with Gasteiger partial charge in [0.1, 0.15) is 0 Å². The molecule has 1 atom stereocenters. The first-order valence-electron chi connectivity index (χ1n) is 11.6. The number of nitrogens with zero attached hydrogens (tertiary/aromatic N) is 5. The standard InChI is InChI=1S/C25H32N6O2S/c1-5-7-23(24-27-28-29-31(24)9-10-33-4)30(16-20-8-6-11-34-20)15-19-14-21-18(3)12-17(2)13-22(21)26-25(19)32/h6,8,11-14,23H,5,7,9-10,15-16H2,1-4H3,(H,26,32). The van der Waals surface area contributed by atoms with Crippen LogP contribution in [0.15, 0.2) is 40.5 Å². The molecule has 4 rings (SSSR count). The fraction of sp³-hybridized carbons (Fsp3) is 0.440. The van der Waals surface area contributed by atoms with Gasteiger partial charge in [-0.1, -0.05) is 25.5 Å². The lowest BCUT2D eigenvalue weighted by atomic mass is 10.0. The third-order valence-corrected chi connectivity index (χ3v) is 6.93. The maximum Gasteiger partial charge on any atom is 0.252 e. The Morgan fingerprint density at radius 2 is 2.09 bits per heavy atom. The molecule has 0 amide bonds. The highest BCUT2D eigenvalue weighted by Crippen LogP contribution is 2.29. The van der Waals surface area contributed by atoms with Crippen molar-refractivity contribution in [2.75, 3.05) is 13.7 Å². The van der Waals surface area contributed by atoms with Crippen molar-refractivity contribution in [2.45, 2.75) is 59.3 Å². The Balaban J connectivity index is 1.74. The quantitative estimate of drug-likeness (QED) is 0.343. The summed E-state index contributed by atoms with van der Waals surface area (Å²) in [5, 5.41) is 15.7. The molecule has 0 aliphatic heterocycles. The van der Waals surface area contributed by atoms with Crippen LogP contribution in [0, 0.1) is 13.8 Å². The molecule has 0 saturated heterocycles. The van der Waals surface area contributed by atoms with Gasteiger partial charge in [0.25, 0.3) is 5.56 Å². The molecular formula is C25H32N6O2S. The lowest BCUT2D eigenvalue weighted by Crippen LogP contribution is -2.32. The van der Waals surface area contributed by atoms with E-state index in [0.29, 0.717) is 26.2 Å². The minimum atomic E-state index is -0.0529. The van der Waals surface area contributed by atoms with Crippen molar-refractivity contribution < 1.29 is 4.74 Å². The van der Waals surface area contributed by atoms with E-state index in [0.717, 1.165) is 46.3 Å². The summed E-state index contributed by atoms with van der Waals surface area (Å²) in [4.78, 5) is 19.8. The van der Waals surface area contributed by atoms with Crippen LogP contribution in [0.2, 0.25) is 0 Å². The number of methoxy groups -OCH3 is 1. The van der Waals surface area contributed by atoms with Gasteiger partial charge in [0.15, 0.2) is 5.82 Å². The van der Waals surface area contributed by atoms with Crippen molar-refractivity contribution in [2.24, 2.45) is 0 Å². The summed E-state index contributed by atoms with van der Waals surface area (Å²) in [5.41, 5.74) is 3.87. The zero-order valence-corrected chi connectivity index (χ0v) is 21.1. The van der Waals surface area contributed by atoms with Crippen LogP contribution in [-0.2, 0) is 24.4 Å². The molecule has 0 bridgehead atoms. The Labute approximate surface area is 203 Å². The normalized spacial score (nSPS) is 12.6. The molecule has 0 radical (unpaired) electrons. The SMILES string of the molecule is CCCC(c1nnnn1CCOC)N(Cc1cccs1)Cc1cc2c(C)cc(C)cc2[nH]c1=O. The van der Waals surface area contributed by atoms with Gasteiger partial charge in [-0.15, -0.1) is 16.4 Å². The zero-order valence-electron chi connectivity index (χ0n) is 20.2. The van der Waals surface area contributed by atoms with E-state index in [-0.39, 0.29) is 11.6 Å². The van der Waals surface area contributed by atoms with E-state index in [2.05, 4.69) is 62.8 Å². The number of benzene rings is 1. The highest BCUT2D eigenvalue weighted by Gasteiger charge is 2.27. The first kappa shape index (κ1) is 24.3. The number of hydrogen-bond donors (Lipinski definition) is 1. The number of rotatable bonds is 11. The van der Waals surface area contributed by atoms with Crippen molar-refractivity contribution in [3.8, 4) is 0 Å². The second-order valence-electron chi connectivity index (χ2n) is 8.71. The van der Waals surface area contributed by atoms with Gasteiger partial charge in [0.2, 0.25) is 0 Å². The van der Waals surface area contributed by atoms with E-state index < -0.39 is 0 Å². The minimum absolute atomic E-state index is 0.0341. The molecule has 34 heavy (non-hydrogen) atoms. The van der Waals surface area contributed by atoms with E-state index in [4.69, 9.17) is 4.74 Å². The Morgan fingerprint density at radius 1 is 1.24 bits per heavy atom. The van der Waals surface area contributed by atoms with Crippen LogP contribution in [0.3, 0.4) is 0 Å². The molecule has 0 spiro atoms. The summed E-state index contributed by atoms with van der Waals surface area (Å²) in [6, 6.07) is 10.4. The fourth-order valence-electron chi connectivity index (χ4n) is 4.47. The van der Waals surface area contributed by atoms with Crippen LogP contribution in [0.4, 0.5) is 0 Å². The van der Waals surface area contributed by atoms with Crippen molar-refractivity contribution >= 4 is 22.2 Å². The predicted molar refractivity (Wildman–Crippen MR) is 135 cm³/mol. The molecule has 3 heterocycles. The smallest absolute Gasteiger partial charge is 0.252 e. The molecule has 0 aliphatic carbocycles. The Bertz CT molecular complexity index is 1280. The van der Waals surface area contributed by atoms with Crippen molar-refractivity contribution in [3.63, 3.8) is 0 Å². The van der Waals surface area contributed by atoms with Crippen molar-refractivity contribution in [3.05, 3.63) is 73.5 Å². The maximum absolute atomic E-state index is 13.1. The van der Waals surface area contributed by atoms with Crippen molar-refractivity contribution in [1.82, 2.24) is 30.1 Å². The zero-order chi connectivity index (χ0) is 24.1. The highest BCUT2D eigenvalue weighted by atomic mass is 32.1. The number of nitrogens with one attached hydrogen (secondary N) is 1. The Hall–Kier alpha value is -2.88. The van der Waals surface area contributed by atoms with Gasteiger partial charge in [0.05, 0.1) is 19.2 Å². The molecule has 180 valence electrons. The summed E-state index contributed by atoms with van der Waals surface area (Å²) in [6.07, 6.45) is 1.84. The van der Waals surface area contributed by atoms with Crippen LogP contribution in [0.1, 0.15) is 53.2 Å². The second kappa shape index (κ2) is 11.0. The predicted octanol–water partition coefficient (Wildman–Crippen LogP) is 4.38. The number of H-pyrrole nitrogens is 1. The van der Waals surface area contributed by atoms with Crippen LogP contribution >= 0.6 is 11.3 Å². The molecule has 0 fully saturated rings. The van der Waals surface area contributed by atoms with Crippen molar-refractivity contribution in [1.29, 1.82) is 0 Å². The van der Waals surface area contributed by atoms with Gasteiger partial charge in [0, 0.05) is 41.5 Å². The average molecular weight is 481 g/mol. The summed E-state index contributed by atoms with van der Waals surface area (Å²) >= 11 is 1.72. The minimum Gasteiger partial charge on any atom is -0.383 e. The summed E-state index contributed by atoms with van der Waals surface area (Å²) in [5.74, 6) is 0.805. The average Bonchev–Trinajstić information content (AvgIpc) is 3.48. The van der Waals surface area contributed by atoms with Crippen LogP contribution < -0.4 is 5.56 Å². The molecule has 8 nitrogen and oxygen atoms in total. The molecule has 1 unspecified atom stereocenters. The maximum atomic E-state index is 13.1. The summed E-state index contributed by atoms with van der Waals surface area (Å²) < 4.78 is 7.08. The first-order valence-corrected chi connectivity index (χ1v) is 12.5. The van der Waals surface area contributed by atoms with Gasteiger partial charge in [-0.05, 0) is 65.4 Å². The lowest BCUT2D eigenvalue weighted by molar-refractivity contribution is 0.148. The van der Waals surface area contributed by atoms with Crippen LogP contribution in [0.25, 0.3) is 10.9 Å². The highest BCUT2D eigenvalue weighted by molar-refractivity contribution is 7.09. The van der Waals surface area contributed by atoms with Gasteiger partial charge in [-0.25, -0.2) is 4.68 Å². The molecule has 0 aliphatic rings. The molecule has 4 aromatic rings. The third-order valence-electron chi connectivity index (χ3n) is 6.07. The summed E-state index contributed by atoms with van der Waals surface area (Å²) in [7, 11) is 1.67. The van der Waals surface area contributed by atoms with Gasteiger partial charge in [-0.3, -0.25) is 9.69 Å². The number of tetrazole rings is 1. The Morgan fingerprint density at radius 3 is 2.82 bits per heavy atom. The van der Waals surface area contributed by atoms with Gasteiger partial charge < -0.3 is 9.72 Å². The van der Waals surface area contributed by atoms with E-state index in [1.54, 1.807) is 18.4 Å². The van der Waals surface area contributed by atoms with E-state index in [9.17, 15) is 4.79 Å². The number of aromatic nitrogens is 5. The molecule has 0 saturated carbocycles. The number of fused-ring (bicyclic) bond motifs is 1. The topological polar surface area (TPSA) is 88.9 Å². The molecule has 1 N–H and O–H groups in total. The monoisotopic (exact) mass is 480 g/mol. The number of aromatic amines is 1. The van der Waals surface area contributed by atoms with Crippen LogP contribution in [0.5, 0.6) is 0 Å². The number of hydrogen-bond acceptors (Lipinski definition) is 7. The number of ether oxygens (including phenoxy) is 1. The lowest BCUT2D eigenvalue weighted by Gasteiger charge is -2.30. The first-order chi connectivity index (χ1) is 16.5. The van der Waals surface area contributed by atoms with E-state index in [1.165, 1.54) is 4.88 Å². The van der Waals surface area contributed by atoms with E-state index >= 15 is 0 Å². The largest absolute Gasteiger partial charge is 0.383 e. The van der Waals surface area contributed by atoms with E-state index in [1.807, 2.05) is 23.7 Å². The van der Waals surface area contributed by atoms with Gasteiger partial charge in [-0.2, -0.15) is 0 Å². The molecular weight excluding hydrogens is 448 g/mol. The summed E-state index contributed by atoms with van der Waals surface area (Å²) in [6.45, 7) is 8.62. The fourth-order valence-corrected chi connectivity index (χ4v) is 5.20. The molecule has 9 heteroatoms. The number of thiophene rings is 1. The second-order valence-corrected chi connectivity index (χ2v) is 9.74. The molecule has 1 aromatic carbocycles. The number of aryl methyl sites for hydroxylation is 2. The third kappa shape index (κ3) is 5.43. The van der Waals surface area contributed by atoms with Gasteiger partial charge >= 0.3 is 0 Å².